The van der Waals surface area contributed by atoms with Gasteiger partial charge in [0.25, 0.3) is 0 Å². The molecule has 0 aromatic heterocycles. The normalized spacial score (nSPS) is 12.5. The van der Waals surface area contributed by atoms with Gasteiger partial charge in [-0.1, -0.05) is 30.3 Å². The van der Waals surface area contributed by atoms with Gasteiger partial charge in [0.1, 0.15) is 18.1 Å². The van der Waals surface area contributed by atoms with Crippen LogP contribution in [0.1, 0.15) is 22.7 Å². The molecule has 1 unspecified atom stereocenters. The van der Waals surface area contributed by atoms with E-state index in [4.69, 9.17) is 14.2 Å². The quantitative estimate of drug-likeness (QED) is 0.326. The third kappa shape index (κ3) is 7.45. The summed E-state index contributed by atoms with van der Waals surface area (Å²) in [4.78, 5) is 6.54. The molecule has 2 aromatic carbocycles. The van der Waals surface area contributed by atoms with Crippen LogP contribution in [0, 0.1) is 6.92 Å². The molecule has 0 aliphatic carbocycles. The van der Waals surface area contributed by atoms with E-state index in [1.807, 2.05) is 24.3 Å². The lowest BCUT2D eigenvalue weighted by molar-refractivity contribution is 0.145. The van der Waals surface area contributed by atoms with E-state index in [-0.39, 0.29) is 6.04 Å². The van der Waals surface area contributed by atoms with Crippen molar-refractivity contribution in [1.82, 2.24) is 15.5 Å². The summed E-state index contributed by atoms with van der Waals surface area (Å²) in [5, 5.41) is 6.82. The number of benzene rings is 2. The molecule has 2 N–H and O–H groups in total. The standard InChI is InChI=1S/C24H36N4O3/c1-18-11-12-19(23(15-18)31-14-13-29-5)16-26-24(25-2)27-17-21(28(3)4)20-9-7-8-10-22(20)30-6/h7-12,15,21H,13-14,16-17H2,1-6H3,(H2,25,26,27). The largest absolute Gasteiger partial charge is 0.496 e. The van der Waals surface area contributed by atoms with Crippen molar-refractivity contribution < 1.29 is 14.2 Å². The SMILES string of the molecule is CN=C(NCc1ccc(C)cc1OCCOC)NCC(c1ccccc1OC)N(C)C. The average Bonchev–Trinajstić information content (AvgIpc) is 2.77. The summed E-state index contributed by atoms with van der Waals surface area (Å²) in [5.74, 6) is 2.47. The van der Waals surface area contributed by atoms with E-state index < -0.39 is 0 Å². The molecular formula is C24H36N4O3. The molecule has 2 aromatic rings. The molecule has 0 saturated heterocycles. The molecule has 0 aliphatic rings. The minimum absolute atomic E-state index is 0.127. The Kier molecular flexibility index (Phi) is 10.1. The number of aryl methyl sites for hydroxylation is 1. The number of hydrogen-bond acceptors (Lipinski definition) is 5. The number of guanidine groups is 1. The maximum Gasteiger partial charge on any atom is 0.191 e. The van der Waals surface area contributed by atoms with Gasteiger partial charge in [-0.3, -0.25) is 4.99 Å². The molecule has 0 amide bonds. The summed E-state index contributed by atoms with van der Waals surface area (Å²) in [6.45, 7) is 4.41. The van der Waals surface area contributed by atoms with Crippen molar-refractivity contribution in [3.05, 3.63) is 59.2 Å². The lowest BCUT2D eigenvalue weighted by Crippen LogP contribution is -2.41. The fourth-order valence-corrected chi connectivity index (χ4v) is 3.28. The minimum Gasteiger partial charge on any atom is -0.496 e. The van der Waals surface area contributed by atoms with Crippen molar-refractivity contribution in [3.8, 4) is 11.5 Å². The van der Waals surface area contributed by atoms with Crippen LogP contribution in [0.15, 0.2) is 47.5 Å². The predicted molar refractivity (Wildman–Crippen MR) is 126 cm³/mol. The second kappa shape index (κ2) is 12.8. The van der Waals surface area contributed by atoms with E-state index in [1.165, 1.54) is 0 Å². The van der Waals surface area contributed by atoms with Gasteiger partial charge in [-0.15, -0.1) is 0 Å². The second-order valence-electron chi connectivity index (χ2n) is 7.48. The van der Waals surface area contributed by atoms with Crippen molar-refractivity contribution in [1.29, 1.82) is 0 Å². The molecule has 31 heavy (non-hydrogen) atoms. The summed E-state index contributed by atoms with van der Waals surface area (Å²) in [5.41, 5.74) is 3.35. The maximum atomic E-state index is 5.89. The Morgan fingerprint density at radius 3 is 2.48 bits per heavy atom. The zero-order valence-electron chi connectivity index (χ0n) is 19.6. The number of likely N-dealkylation sites (N-methyl/N-ethyl adjacent to an activating group) is 1. The van der Waals surface area contributed by atoms with Gasteiger partial charge in [-0.05, 0) is 38.7 Å². The van der Waals surface area contributed by atoms with Gasteiger partial charge in [-0.25, -0.2) is 0 Å². The molecule has 0 spiro atoms. The molecule has 0 fully saturated rings. The van der Waals surface area contributed by atoms with Crippen molar-refractivity contribution in [3.63, 3.8) is 0 Å². The number of nitrogens with zero attached hydrogens (tertiary/aromatic N) is 2. The highest BCUT2D eigenvalue weighted by molar-refractivity contribution is 5.79. The highest BCUT2D eigenvalue weighted by Gasteiger charge is 2.18. The second-order valence-corrected chi connectivity index (χ2v) is 7.48. The Morgan fingerprint density at radius 2 is 1.81 bits per heavy atom. The topological polar surface area (TPSA) is 67.4 Å². The monoisotopic (exact) mass is 428 g/mol. The molecule has 0 aliphatic heterocycles. The van der Waals surface area contributed by atoms with Crippen LogP contribution in [0.25, 0.3) is 0 Å². The zero-order chi connectivity index (χ0) is 22.6. The number of methoxy groups -OCH3 is 2. The fraction of sp³-hybridized carbons (Fsp3) is 0.458. The van der Waals surface area contributed by atoms with Crippen molar-refractivity contribution in [2.75, 3.05) is 55.1 Å². The number of para-hydroxylation sites is 1. The summed E-state index contributed by atoms with van der Waals surface area (Å²) in [7, 11) is 9.27. The van der Waals surface area contributed by atoms with E-state index in [0.717, 1.165) is 34.1 Å². The van der Waals surface area contributed by atoms with Gasteiger partial charge in [-0.2, -0.15) is 0 Å². The molecule has 0 bridgehead atoms. The minimum atomic E-state index is 0.127. The first-order chi connectivity index (χ1) is 15.0. The summed E-state index contributed by atoms with van der Waals surface area (Å²) < 4.78 is 16.5. The summed E-state index contributed by atoms with van der Waals surface area (Å²) >= 11 is 0. The van der Waals surface area contributed by atoms with Gasteiger partial charge in [0.2, 0.25) is 0 Å². The molecule has 0 radical (unpaired) electrons. The maximum absolute atomic E-state index is 5.89. The van der Waals surface area contributed by atoms with E-state index in [9.17, 15) is 0 Å². The number of hydrogen-bond donors (Lipinski definition) is 2. The highest BCUT2D eigenvalue weighted by Crippen LogP contribution is 2.27. The van der Waals surface area contributed by atoms with Crippen LogP contribution in [0.3, 0.4) is 0 Å². The van der Waals surface area contributed by atoms with Gasteiger partial charge in [0.05, 0.1) is 19.8 Å². The lowest BCUT2D eigenvalue weighted by Gasteiger charge is -2.27. The number of ether oxygens (including phenoxy) is 3. The van der Waals surface area contributed by atoms with Crippen LogP contribution >= 0.6 is 0 Å². The van der Waals surface area contributed by atoms with Crippen LogP contribution in [-0.4, -0.2) is 66.0 Å². The molecule has 7 nitrogen and oxygen atoms in total. The van der Waals surface area contributed by atoms with E-state index >= 15 is 0 Å². The van der Waals surface area contributed by atoms with E-state index in [0.29, 0.717) is 26.3 Å². The molecule has 7 heteroatoms. The smallest absolute Gasteiger partial charge is 0.191 e. The molecular weight excluding hydrogens is 392 g/mol. The first kappa shape index (κ1) is 24.5. The Hall–Kier alpha value is -2.77. The van der Waals surface area contributed by atoms with Crippen molar-refractivity contribution in [2.24, 2.45) is 4.99 Å². The Labute approximate surface area is 186 Å². The third-order valence-corrected chi connectivity index (χ3v) is 5.02. The van der Waals surface area contributed by atoms with Gasteiger partial charge in [0.15, 0.2) is 5.96 Å². The average molecular weight is 429 g/mol. The Morgan fingerprint density at radius 1 is 1.03 bits per heavy atom. The van der Waals surface area contributed by atoms with Crippen LogP contribution in [0.4, 0.5) is 0 Å². The molecule has 0 heterocycles. The van der Waals surface area contributed by atoms with Crippen LogP contribution < -0.4 is 20.1 Å². The van der Waals surface area contributed by atoms with Gasteiger partial charge >= 0.3 is 0 Å². The van der Waals surface area contributed by atoms with Crippen molar-refractivity contribution >= 4 is 5.96 Å². The summed E-state index contributed by atoms with van der Waals surface area (Å²) in [6.07, 6.45) is 0. The van der Waals surface area contributed by atoms with E-state index in [1.54, 1.807) is 21.3 Å². The Balaban J connectivity index is 2.02. The Bertz CT molecular complexity index is 839. The van der Waals surface area contributed by atoms with Gasteiger partial charge in [0, 0.05) is 38.4 Å². The number of aliphatic imine (C=N–C) groups is 1. The highest BCUT2D eigenvalue weighted by atomic mass is 16.5. The van der Waals surface area contributed by atoms with E-state index in [2.05, 4.69) is 59.7 Å². The first-order valence-electron chi connectivity index (χ1n) is 10.4. The number of rotatable bonds is 11. The first-order valence-corrected chi connectivity index (χ1v) is 10.4. The predicted octanol–water partition coefficient (Wildman–Crippen LogP) is 3.00. The third-order valence-electron chi connectivity index (χ3n) is 5.02. The van der Waals surface area contributed by atoms with Crippen LogP contribution in [0.5, 0.6) is 11.5 Å². The fourth-order valence-electron chi connectivity index (χ4n) is 3.28. The van der Waals surface area contributed by atoms with Gasteiger partial charge < -0.3 is 29.7 Å². The number of nitrogens with one attached hydrogen (secondary N) is 2. The summed E-state index contributed by atoms with van der Waals surface area (Å²) in [6, 6.07) is 14.4. The van der Waals surface area contributed by atoms with Crippen LogP contribution in [-0.2, 0) is 11.3 Å². The molecule has 1 atom stereocenters. The molecule has 170 valence electrons. The lowest BCUT2D eigenvalue weighted by atomic mass is 10.0. The van der Waals surface area contributed by atoms with Crippen molar-refractivity contribution in [2.45, 2.75) is 19.5 Å². The molecule has 0 saturated carbocycles. The zero-order valence-corrected chi connectivity index (χ0v) is 19.6. The molecule has 2 rings (SSSR count). The van der Waals surface area contributed by atoms with Crippen LogP contribution in [0.2, 0.25) is 0 Å².